The van der Waals surface area contributed by atoms with Gasteiger partial charge in [0.2, 0.25) is 5.91 Å². The van der Waals surface area contributed by atoms with Crippen molar-refractivity contribution < 1.29 is 28.3 Å². The van der Waals surface area contributed by atoms with E-state index in [1.54, 1.807) is 6.92 Å². The molecule has 0 saturated carbocycles. The van der Waals surface area contributed by atoms with Gasteiger partial charge in [-0.2, -0.15) is 0 Å². The molecule has 1 heterocycles. The highest BCUT2D eigenvalue weighted by molar-refractivity contribution is 8.01. The number of esters is 1. The smallest absolute Gasteiger partial charge is 0.324 e. The summed E-state index contributed by atoms with van der Waals surface area (Å²) >= 11 is 1.04. The minimum atomic E-state index is -1.10. The molecule has 10 heteroatoms. The summed E-state index contributed by atoms with van der Waals surface area (Å²) in [6, 6.07) is 4.79. The second kappa shape index (κ2) is 9.36. The van der Waals surface area contributed by atoms with E-state index in [1.807, 2.05) is 0 Å². The molecule has 1 saturated heterocycles. The predicted octanol–water partition coefficient (Wildman–Crippen LogP) is 1.37. The van der Waals surface area contributed by atoms with Crippen LogP contribution in [0.3, 0.4) is 0 Å². The SMILES string of the molecule is C[C@H](SCC(=O)Nc1ccc(F)cc1)C(=O)O[C@H](C)C(=O)N1CCNC1=O. The van der Waals surface area contributed by atoms with E-state index < -0.39 is 35.1 Å². The van der Waals surface area contributed by atoms with Crippen LogP contribution in [0.1, 0.15) is 13.8 Å². The minimum Gasteiger partial charge on any atom is -0.452 e. The molecule has 27 heavy (non-hydrogen) atoms. The lowest BCUT2D eigenvalue weighted by molar-refractivity contribution is -0.156. The number of carbonyl (C=O) groups is 4. The monoisotopic (exact) mass is 397 g/mol. The van der Waals surface area contributed by atoms with E-state index in [2.05, 4.69) is 10.6 Å². The quantitative estimate of drug-likeness (QED) is 0.674. The molecule has 1 aromatic rings. The minimum absolute atomic E-state index is 0.0233. The Bertz CT molecular complexity index is 728. The number of imide groups is 1. The zero-order valence-corrected chi connectivity index (χ0v) is 15.7. The number of hydrogen-bond acceptors (Lipinski definition) is 6. The summed E-state index contributed by atoms with van der Waals surface area (Å²) in [6.07, 6.45) is -1.10. The molecule has 0 unspecified atom stereocenters. The molecule has 0 bridgehead atoms. The number of nitrogens with one attached hydrogen (secondary N) is 2. The largest absolute Gasteiger partial charge is 0.452 e. The van der Waals surface area contributed by atoms with Crippen molar-refractivity contribution in [1.82, 2.24) is 10.2 Å². The normalized spacial score (nSPS) is 15.7. The first kappa shape index (κ1) is 20.7. The van der Waals surface area contributed by atoms with Crippen LogP contribution in [0.25, 0.3) is 0 Å². The average Bonchev–Trinajstić information content (AvgIpc) is 3.06. The first-order chi connectivity index (χ1) is 12.8. The molecule has 1 fully saturated rings. The van der Waals surface area contributed by atoms with Crippen molar-refractivity contribution in [2.75, 3.05) is 24.2 Å². The number of urea groups is 1. The van der Waals surface area contributed by atoms with Gasteiger partial charge in [0.15, 0.2) is 6.10 Å². The Morgan fingerprint density at radius 2 is 1.96 bits per heavy atom. The zero-order chi connectivity index (χ0) is 20.0. The van der Waals surface area contributed by atoms with Gasteiger partial charge in [-0.05, 0) is 38.1 Å². The Morgan fingerprint density at radius 1 is 1.30 bits per heavy atom. The van der Waals surface area contributed by atoms with Crippen LogP contribution >= 0.6 is 11.8 Å². The summed E-state index contributed by atoms with van der Waals surface area (Å²) in [5, 5.41) is 4.39. The number of nitrogens with zero attached hydrogens (tertiary/aromatic N) is 1. The van der Waals surface area contributed by atoms with Crippen molar-refractivity contribution in [2.24, 2.45) is 0 Å². The molecule has 0 spiro atoms. The summed E-state index contributed by atoms with van der Waals surface area (Å²) in [7, 11) is 0. The number of rotatable bonds is 7. The predicted molar refractivity (Wildman–Crippen MR) is 97.6 cm³/mol. The summed E-state index contributed by atoms with van der Waals surface area (Å²) < 4.78 is 17.9. The van der Waals surface area contributed by atoms with Gasteiger partial charge in [0, 0.05) is 18.8 Å². The number of halogens is 1. The number of ether oxygens (including phenoxy) is 1. The van der Waals surface area contributed by atoms with Crippen molar-refractivity contribution in [2.45, 2.75) is 25.2 Å². The molecule has 2 atom stereocenters. The number of benzene rings is 1. The maximum atomic E-state index is 12.8. The summed E-state index contributed by atoms with van der Waals surface area (Å²) in [5.74, 6) is -2.04. The molecule has 0 aromatic heterocycles. The molecule has 1 aromatic carbocycles. The molecule has 4 amide bonds. The summed E-state index contributed by atoms with van der Waals surface area (Å²) in [5.41, 5.74) is 0.445. The van der Waals surface area contributed by atoms with E-state index >= 15 is 0 Å². The van der Waals surface area contributed by atoms with Gasteiger partial charge in [-0.25, -0.2) is 9.18 Å². The third kappa shape index (κ3) is 5.95. The van der Waals surface area contributed by atoms with Gasteiger partial charge < -0.3 is 15.4 Å². The van der Waals surface area contributed by atoms with Crippen LogP contribution in [0.5, 0.6) is 0 Å². The fraction of sp³-hybridized carbons (Fsp3) is 0.412. The lowest BCUT2D eigenvalue weighted by Gasteiger charge is -2.19. The standard InChI is InChI=1S/C17H20FN3O5S/c1-10(15(23)21-8-7-19-17(21)25)26-16(24)11(2)27-9-14(22)20-13-5-3-12(18)4-6-13/h3-6,10-11H,7-9H2,1-2H3,(H,19,25)(H,20,22)/t10-,11+/m1/s1. The zero-order valence-electron chi connectivity index (χ0n) is 14.9. The number of hydrogen-bond donors (Lipinski definition) is 2. The molecule has 1 aliphatic rings. The molecule has 2 rings (SSSR count). The van der Waals surface area contributed by atoms with Crippen LogP contribution in [-0.4, -0.2) is 58.9 Å². The van der Waals surface area contributed by atoms with Crippen molar-refractivity contribution in [1.29, 1.82) is 0 Å². The van der Waals surface area contributed by atoms with E-state index in [9.17, 15) is 23.6 Å². The molecular weight excluding hydrogens is 377 g/mol. The Labute approximate surface area is 159 Å². The Kier molecular flexibility index (Phi) is 7.17. The Morgan fingerprint density at radius 3 is 2.56 bits per heavy atom. The van der Waals surface area contributed by atoms with Gasteiger partial charge >= 0.3 is 12.0 Å². The van der Waals surface area contributed by atoms with Gasteiger partial charge in [-0.15, -0.1) is 11.8 Å². The third-order valence-corrected chi connectivity index (χ3v) is 4.81. The van der Waals surface area contributed by atoms with Crippen LogP contribution < -0.4 is 10.6 Å². The van der Waals surface area contributed by atoms with Crippen LogP contribution in [0.15, 0.2) is 24.3 Å². The highest BCUT2D eigenvalue weighted by atomic mass is 32.2. The lowest BCUT2D eigenvalue weighted by atomic mass is 10.3. The second-order valence-electron chi connectivity index (χ2n) is 5.81. The fourth-order valence-corrected chi connectivity index (χ4v) is 2.89. The van der Waals surface area contributed by atoms with Gasteiger partial charge in [-0.1, -0.05) is 0 Å². The lowest BCUT2D eigenvalue weighted by Crippen LogP contribution is -2.42. The molecule has 0 radical (unpaired) electrons. The van der Waals surface area contributed by atoms with Crippen LogP contribution in [0, 0.1) is 5.82 Å². The fourth-order valence-electron chi connectivity index (χ4n) is 2.22. The summed E-state index contributed by atoms with van der Waals surface area (Å²) in [4.78, 5) is 48.5. The number of thioether (sulfide) groups is 1. The van der Waals surface area contributed by atoms with Crippen LogP contribution in [-0.2, 0) is 19.1 Å². The highest BCUT2D eigenvalue weighted by Gasteiger charge is 2.32. The van der Waals surface area contributed by atoms with E-state index in [0.29, 0.717) is 12.2 Å². The van der Waals surface area contributed by atoms with Crippen molar-refractivity contribution in [3.63, 3.8) is 0 Å². The van der Waals surface area contributed by atoms with E-state index in [0.717, 1.165) is 16.7 Å². The topological polar surface area (TPSA) is 105 Å². The maximum Gasteiger partial charge on any atom is 0.324 e. The van der Waals surface area contributed by atoms with Crippen molar-refractivity contribution >= 4 is 41.3 Å². The first-order valence-electron chi connectivity index (χ1n) is 8.24. The van der Waals surface area contributed by atoms with E-state index in [-0.39, 0.29) is 18.2 Å². The van der Waals surface area contributed by atoms with Crippen LogP contribution in [0.2, 0.25) is 0 Å². The van der Waals surface area contributed by atoms with E-state index in [4.69, 9.17) is 4.74 Å². The molecule has 2 N–H and O–H groups in total. The number of carbonyl (C=O) groups excluding carboxylic acids is 4. The first-order valence-corrected chi connectivity index (χ1v) is 9.29. The maximum absolute atomic E-state index is 12.8. The average molecular weight is 397 g/mol. The highest BCUT2D eigenvalue weighted by Crippen LogP contribution is 2.15. The summed E-state index contributed by atoms with van der Waals surface area (Å²) in [6.45, 7) is 3.54. The van der Waals surface area contributed by atoms with Gasteiger partial charge in [0.25, 0.3) is 5.91 Å². The van der Waals surface area contributed by atoms with Gasteiger partial charge in [0.05, 0.1) is 5.75 Å². The van der Waals surface area contributed by atoms with Crippen molar-refractivity contribution in [3.8, 4) is 0 Å². The van der Waals surface area contributed by atoms with Gasteiger partial charge in [0.1, 0.15) is 11.1 Å². The third-order valence-electron chi connectivity index (χ3n) is 3.69. The number of anilines is 1. The molecule has 146 valence electrons. The molecular formula is C17H20FN3O5S. The van der Waals surface area contributed by atoms with Crippen molar-refractivity contribution in [3.05, 3.63) is 30.1 Å². The second-order valence-corrected chi connectivity index (χ2v) is 7.14. The van der Waals surface area contributed by atoms with E-state index in [1.165, 1.54) is 31.2 Å². The van der Waals surface area contributed by atoms with Crippen LogP contribution in [0.4, 0.5) is 14.9 Å². The molecule has 1 aliphatic heterocycles. The molecule has 0 aliphatic carbocycles. The Balaban J connectivity index is 1.75. The Hall–Kier alpha value is -2.62. The molecule has 8 nitrogen and oxygen atoms in total. The number of amides is 4. The van der Waals surface area contributed by atoms with Gasteiger partial charge in [-0.3, -0.25) is 19.3 Å².